The molecule has 124 valence electrons. The van der Waals surface area contributed by atoms with Crippen molar-refractivity contribution in [2.45, 2.75) is 5.75 Å². The van der Waals surface area contributed by atoms with Gasteiger partial charge < -0.3 is 9.80 Å². The van der Waals surface area contributed by atoms with Crippen LogP contribution >= 0.6 is 0 Å². The van der Waals surface area contributed by atoms with E-state index in [2.05, 4.69) is 20.1 Å². The Morgan fingerprint density at radius 1 is 1.13 bits per heavy atom. The van der Waals surface area contributed by atoms with E-state index in [9.17, 15) is 12.8 Å². The molecule has 1 fully saturated rings. The Morgan fingerprint density at radius 3 is 2.35 bits per heavy atom. The van der Waals surface area contributed by atoms with E-state index in [4.69, 9.17) is 0 Å². The first-order valence-electron chi connectivity index (χ1n) is 7.25. The molecule has 0 saturated carbocycles. The summed E-state index contributed by atoms with van der Waals surface area (Å²) in [5, 5.41) is 6.76. The minimum absolute atomic E-state index is 0.143. The summed E-state index contributed by atoms with van der Waals surface area (Å²) in [5.74, 6) is 0.479. The number of hydrogen-bond acceptors (Lipinski definition) is 6. The van der Waals surface area contributed by atoms with Gasteiger partial charge in [-0.3, -0.25) is 5.10 Å². The Morgan fingerprint density at radius 2 is 1.74 bits per heavy atom. The normalized spacial score (nSPS) is 15.9. The van der Waals surface area contributed by atoms with Gasteiger partial charge in [0.25, 0.3) is 0 Å². The maximum Gasteiger partial charge on any atom is 0.244 e. The fraction of sp³-hybridized carbons (Fsp3) is 0.429. The first-order chi connectivity index (χ1) is 10.9. The number of sulfone groups is 1. The zero-order valence-corrected chi connectivity index (χ0v) is 13.6. The molecule has 0 aliphatic carbocycles. The topological polar surface area (TPSA) is 82.2 Å². The summed E-state index contributed by atoms with van der Waals surface area (Å²) >= 11 is 0. The van der Waals surface area contributed by atoms with E-state index in [1.165, 1.54) is 12.1 Å². The zero-order chi connectivity index (χ0) is 16.4. The SMILES string of the molecule is CS(=O)(=O)Cc1nc(N2CCN(c3ccc(F)cc3)CC2)n[nH]1. The van der Waals surface area contributed by atoms with E-state index in [0.717, 1.165) is 25.0 Å². The van der Waals surface area contributed by atoms with Gasteiger partial charge in [0.2, 0.25) is 5.95 Å². The molecule has 23 heavy (non-hydrogen) atoms. The third-order valence-corrected chi connectivity index (χ3v) is 4.47. The first kappa shape index (κ1) is 15.7. The second kappa shape index (κ2) is 6.15. The highest BCUT2D eigenvalue weighted by Gasteiger charge is 2.21. The highest BCUT2D eigenvalue weighted by molar-refractivity contribution is 7.89. The number of anilines is 2. The average Bonchev–Trinajstić information content (AvgIpc) is 2.95. The summed E-state index contributed by atoms with van der Waals surface area (Å²) in [5.41, 5.74) is 0.985. The van der Waals surface area contributed by atoms with Crippen LogP contribution in [0.1, 0.15) is 5.82 Å². The lowest BCUT2D eigenvalue weighted by Gasteiger charge is -2.35. The Balaban J connectivity index is 1.61. The van der Waals surface area contributed by atoms with Crippen LogP contribution in [0.15, 0.2) is 24.3 Å². The molecule has 0 spiro atoms. The van der Waals surface area contributed by atoms with Crippen molar-refractivity contribution in [2.24, 2.45) is 0 Å². The number of aromatic nitrogens is 3. The largest absolute Gasteiger partial charge is 0.368 e. The van der Waals surface area contributed by atoms with Crippen molar-refractivity contribution in [1.29, 1.82) is 0 Å². The van der Waals surface area contributed by atoms with Crippen LogP contribution in [0.2, 0.25) is 0 Å². The Labute approximate surface area is 134 Å². The molecule has 1 N–H and O–H groups in total. The number of nitrogens with zero attached hydrogens (tertiary/aromatic N) is 4. The predicted molar refractivity (Wildman–Crippen MR) is 85.8 cm³/mol. The molecule has 0 atom stereocenters. The maximum absolute atomic E-state index is 13.0. The second-order valence-electron chi connectivity index (χ2n) is 5.60. The highest BCUT2D eigenvalue weighted by Crippen LogP contribution is 2.19. The molecule has 0 unspecified atom stereocenters. The van der Waals surface area contributed by atoms with Crippen molar-refractivity contribution < 1.29 is 12.8 Å². The third kappa shape index (κ3) is 3.98. The molecule has 7 nitrogen and oxygen atoms in total. The molecule has 2 aromatic rings. The van der Waals surface area contributed by atoms with Gasteiger partial charge in [0, 0.05) is 38.1 Å². The molecular formula is C14H18FN5O2S. The number of benzene rings is 1. The standard InChI is InChI=1S/C14H18FN5O2S/c1-23(21,22)10-13-16-14(18-17-13)20-8-6-19(7-9-20)12-4-2-11(15)3-5-12/h2-5H,6-10H2,1H3,(H,16,17,18). The fourth-order valence-electron chi connectivity index (χ4n) is 2.56. The van der Waals surface area contributed by atoms with Crippen LogP contribution in [-0.2, 0) is 15.6 Å². The minimum Gasteiger partial charge on any atom is -0.368 e. The number of aromatic amines is 1. The summed E-state index contributed by atoms with van der Waals surface area (Å²) in [6.07, 6.45) is 1.16. The van der Waals surface area contributed by atoms with Gasteiger partial charge in [0.05, 0.1) is 0 Å². The van der Waals surface area contributed by atoms with E-state index >= 15 is 0 Å². The van der Waals surface area contributed by atoms with E-state index < -0.39 is 9.84 Å². The summed E-state index contributed by atoms with van der Waals surface area (Å²) < 4.78 is 35.5. The molecule has 1 aromatic heterocycles. The molecule has 0 bridgehead atoms. The van der Waals surface area contributed by atoms with E-state index in [-0.39, 0.29) is 11.6 Å². The number of H-pyrrole nitrogens is 1. The van der Waals surface area contributed by atoms with Crippen molar-refractivity contribution in [1.82, 2.24) is 15.2 Å². The van der Waals surface area contributed by atoms with E-state index in [1.54, 1.807) is 12.1 Å². The maximum atomic E-state index is 13.0. The molecule has 0 radical (unpaired) electrons. The molecule has 1 aromatic carbocycles. The highest BCUT2D eigenvalue weighted by atomic mass is 32.2. The van der Waals surface area contributed by atoms with Gasteiger partial charge in [0.15, 0.2) is 9.84 Å². The molecule has 9 heteroatoms. The van der Waals surface area contributed by atoms with Gasteiger partial charge in [-0.05, 0) is 24.3 Å². The van der Waals surface area contributed by atoms with Crippen molar-refractivity contribution in [3.8, 4) is 0 Å². The summed E-state index contributed by atoms with van der Waals surface area (Å²) in [4.78, 5) is 8.41. The van der Waals surface area contributed by atoms with Gasteiger partial charge in [-0.15, -0.1) is 5.10 Å². The zero-order valence-electron chi connectivity index (χ0n) is 12.7. The number of piperazine rings is 1. The molecule has 1 aliphatic rings. The Hall–Kier alpha value is -2.16. The Kier molecular flexibility index (Phi) is 4.20. The molecule has 1 aliphatic heterocycles. The molecule has 2 heterocycles. The fourth-order valence-corrected chi connectivity index (χ4v) is 3.18. The van der Waals surface area contributed by atoms with Crippen LogP contribution in [0.3, 0.4) is 0 Å². The Bertz CT molecular complexity index is 767. The van der Waals surface area contributed by atoms with Crippen LogP contribution in [0, 0.1) is 5.82 Å². The molecule has 3 rings (SSSR count). The van der Waals surface area contributed by atoms with Crippen LogP contribution in [0.5, 0.6) is 0 Å². The molecular weight excluding hydrogens is 321 g/mol. The molecule has 1 saturated heterocycles. The smallest absolute Gasteiger partial charge is 0.244 e. The van der Waals surface area contributed by atoms with Gasteiger partial charge in [-0.1, -0.05) is 0 Å². The summed E-state index contributed by atoms with van der Waals surface area (Å²) in [6, 6.07) is 6.44. The van der Waals surface area contributed by atoms with E-state index in [1.807, 2.05) is 4.90 Å². The summed E-state index contributed by atoms with van der Waals surface area (Å²) in [6.45, 7) is 2.96. The predicted octanol–water partition coefficient (Wildman–Crippen LogP) is 0.815. The quantitative estimate of drug-likeness (QED) is 0.888. The first-order valence-corrected chi connectivity index (χ1v) is 9.31. The van der Waals surface area contributed by atoms with Crippen LogP contribution in [0.25, 0.3) is 0 Å². The van der Waals surface area contributed by atoms with E-state index in [0.29, 0.717) is 24.9 Å². The van der Waals surface area contributed by atoms with Gasteiger partial charge in [0.1, 0.15) is 17.4 Å². The number of halogens is 1. The third-order valence-electron chi connectivity index (χ3n) is 3.67. The van der Waals surface area contributed by atoms with Crippen molar-refractivity contribution >= 4 is 21.5 Å². The summed E-state index contributed by atoms with van der Waals surface area (Å²) in [7, 11) is -3.13. The van der Waals surface area contributed by atoms with Crippen LogP contribution < -0.4 is 9.80 Å². The minimum atomic E-state index is -3.13. The lowest BCUT2D eigenvalue weighted by Crippen LogP contribution is -2.47. The molecule has 0 amide bonds. The van der Waals surface area contributed by atoms with Gasteiger partial charge >= 0.3 is 0 Å². The van der Waals surface area contributed by atoms with Crippen molar-refractivity contribution in [2.75, 3.05) is 42.2 Å². The van der Waals surface area contributed by atoms with Crippen LogP contribution in [-0.4, -0.2) is 56.0 Å². The lowest BCUT2D eigenvalue weighted by atomic mass is 10.2. The van der Waals surface area contributed by atoms with Crippen molar-refractivity contribution in [3.05, 3.63) is 35.9 Å². The second-order valence-corrected chi connectivity index (χ2v) is 7.74. The van der Waals surface area contributed by atoms with Crippen molar-refractivity contribution in [3.63, 3.8) is 0 Å². The lowest BCUT2D eigenvalue weighted by molar-refractivity contribution is 0.599. The van der Waals surface area contributed by atoms with Gasteiger partial charge in [-0.2, -0.15) is 4.98 Å². The van der Waals surface area contributed by atoms with Gasteiger partial charge in [-0.25, -0.2) is 12.8 Å². The number of rotatable bonds is 4. The number of hydrogen-bond donors (Lipinski definition) is 1. The monoisotopic (exact) mass is 339 g/mol. The number of nitrogens with one attached hydrogen (secondary N) is 1. The average molecular weight is 339 g/mol. The van der Waals surface area contributed by atoms with Crippen LogP contribution in [0.4, 0.5) is 16.0 Å².